The predicted octanol–water partition coefficient (Wildman–Crippen LogP) is 3.92. The maximum atomic E-state index is 13.6. The Morgan fingerprint density at radius 3 is 2.54 bits per heavy atom. The van der Waals surface area contributed by atoms with Crippen molar-refractivity contribution < 1.29 is 13.2 Å². The van der Waals surface area contributed by atoms with Gasteiger partial charge in [0.1, 0.15) is 6.54 Å². The van der Waals surface area contributed by atoms with Crippen molar-refractivity contribution in [3.05, 3.63) is 76.7 Å². The van der Waals surface area contributed by atoms with Crippen LogP contribution in [0.4, 0.5) is 11.4 Å². The number of nitrogens with zero attached hydrogens (tertiary/aromatic N) is 1. The largest absolute Gasteiger partial charge is 0.324 e. The first-order valence-corrected chi connectivity index (χ1v) is 10.6. The minimum atomic E-state index is -3.84. The lowest BCUT2D eigenvalue weighted by atomic mass is 9.98. The third-order valence-corrected chi connectivity index (χ3v) is 7.24. The Morgan fingerprint density at radius 1 is 0.893 bits per heavy atom. The molecular formula is C22H18N2O3S. The maximum Gasteiger partial charge on any atom is 0.260 e. The van der Waals surface area contributed by atoms with Crippen molar-refractivity contribution in [3.63, 3.8) is 0 Å². The fraction of sp³-hybridized carbons (Fsp3) is 0.136. The van der Waals surface area contributed by atoms with Gasteiger partial charge < -0.3 is 5.32 Å². The summed E-state index contributed by atoms with van der Waals surface area (Å²) in [6.45, 7) is -0.241. The molecule has 0 saturated heterocycles. The Balaban J connectivity index is 1.69. The molecule has 5 nitrogen and oxygen atoms in total. The monoisotopic (exact) mass is 390 g/mol. The molecule has 2 aliphatic rings. The van der Waals surface area contributed by atoms with Crippen molar-refractivity contribution in [1.82, 2.24) is 0 Å². The fourth-order valence-corrected chi connectivity index (χ4v) is 5.62. The summed E-state index contributed by atoms with van der Waals surface area (Å²) in [5.41, 5.74) is 3.23. The van der Waals surface area contributed by atoms with Gasteiger partial charge in [-0.2, -0.15) is 0 Å². The van der Waals surface area contributed by atoms with Gasteiger partial charge in [-0.05, 0) is 47.6 Å². The van der Waals surface area contributed by atoms with Gasteiger partial charge in [0, 0.05) is 5.39 Å². The second kappa shape index (κ2) is 6.21. The van der Waals surface area contributed by atoms with Crippen molar-refractivity contribution in [2.45, 2.75) is 12.8 Å². The lowest BCUT2D eigenvalue weighted by Crippen LogP contribution is -2.37. The number of carbonyl (C=O) groups excluding carboxylic acids is 1. The molecule has 3 aromatic rings. The zero-order valence-electron chi connectivity index (χ0n) is 15.1. The highest BCUT2D eigenvalue weighted by Crippen LogP contribution is 2.39. The lowest BCUT2D eigenvalue weighted by Gasteiger charge is -2.26. The summed E-state index contributed by atoms with van der Waals surface area (Å²) in [5.74, 6) is -0.343. The zero-order valence-corrected chi connectivity index (χ0v) is 15.9. The van der Waals surface area contributed by atoms with E-state index in [-0.39, 0.29) is 12.5 Å². The zero-order chi connectivity index (χ0) is 19.3. The Hall–Kier alpha value is -3.12. The number of carbonyl (C=O) groups is 1. The topological polar surface area (TPSA) is 66.5 Å². The van der Waals surface area contributed by atoms with E-state index in [9.17, 15) is 13.2 Å². The summed E-state index contributed by atoms with van der Waals surface area (Å²) in [6, 6.07) is 18.9. The van der Waals surface area contributed by atoms with Crippen LogP contribution in [0.15, 0.2) is 65.6 Å². The molecule has 0 atom stereocenters. The highest BCUT2D eigenvalue weighted by atomic mass is 32.2. The molecule has 140 valence electrons. The van der Waals surface area contributed by atoms with E-state index in [1.165, 1.54) is 4.31 Å². The van der Waals surface area contributed by atoms with Crippen LogP contribution in [-0.4, -0.2) is 20.9 Å². The smallest absolute Gasteiger partial charge is 0.260 e. The van der Waals surface area contributed by atoms with Crippen LogP contribution in [0.1, 0.15) is 17.5 Å². The maximum absolute atomic E-state index is 13.6. The number of hydrogen-bond donors (Lipinski definition) is 1. The first-order valence-electron chi connectivity index (χ1n) is 9.17. The second-order valence-electron chi connectivity index (χ2n) is 7.05. The van der Waals surface area contributed by atoms with Crippen LogP contribution in [0.5, 0.6) is 0 Å². The quantitative estimate of drug-likeness (QED) is 0.721. The minimum Gasteiger partial charge on any atom is -0.324 e. The summed E-state index contributed by atoms with van der Waals surface area (Å²) < 4.78 is 28.4. The van der Waals surface area contributed by atoms with E-state index in [0.29, 0.717) is 29.1 Å². The molecule has 0 aromatic heterocycles. The standard InChI is InChI=1S/C22H18N2O3S/c25-21-14-24(20-10-4-8-16-7-3-9-19(23-21)22(16)20)28(26,27)18-12-11-15-5-1-2-6-17(15)13-18/h1-10,13H,11-12,14H2,(H,23,25). The van der Waals surface area contributed by atoms with Crippen LogP contribution < -0.4 is 9.62 Å². The van der Waals surface area contributed by atoms with Gasteiger partial charge in [-0.25, -0.2) is 8.42 Å². The third kappa shape index (κ3) is 2.60. The number of allylic oxidation sites excluding steroid dienone is 1. The molecule has 0 spiro atoms. The second-order valence-corrected chi connectivity index (χ2v) is 8.97. The highest BCUT2D eigenvalue weighted by molar-refractivity contribution is 7.96. The van der Waals surface area contributed by atoms with E-state index in [0.717, 1.165) is 21.9 Å². The predicted molar refractivity (Wildman–Crippen MR) is 112 cm³/mol. The van der Waals surface area contributed by atoms with Crippen LogP contribution in [0, 0.1) is 0 Å². The van der Waals surface area contributed by atoms with Gasteiger partial charge in [0.2, 0.25) is 5.91 Å². The average molecular weight is 390 g/mol. The van der Waals surface area contributed by atoms with Crippen molar-refractivity contribution in [1.29, 1.82) is 0 Å². The molecule has 1 heterocycles. The Kier molecular flexibility index (Phi) is 3.77. The molecule has 0 saturated carbocycles. The van der Waals surface area contributed by atoms with E-state index in [1.54, 1.807) is 18.2 Å². The molecule has 5 rings (SSSR count). The van der Waals surface area contributed by atoms with Crippen LogP contribution >= 0.6 is 0 Å². The third-order valence-electron chi connectivity index (χ3n) is 5.35. The molecule has 0 fully saturated rings. The summed E-state index contributed by atoms with van der Waals surface area (Å²) in [7, 11) is -3.84. The van der Waals surface area contributed by atoms with Gasteiger partial charge in [-0.1, -0.05) is 48.5 Å². The van der Waals surface area contributed by atoms with E-state index in [4.69, 9.17) is 0 Å². The van der Waals surface area contributed by atoms with Crippen LogP contribution in [0.25, 0.3) is 16.8 Å². The number of rotatable bonds is 2. The number of sulfonamides is 1. The van der Waals surface area contributed by atoms with E-state index < -0.39 is 10.0 Å². The van der Waals surface area contributed by atoms with Crippen molar-refractivity contribution in [2.24, 2.45) is 0 Å². The molecule has 1 N–H and O–H groups in total. The average Bonchev–Trinajstić information content (AvgIpc) is 2.86. The molecule has 6 heteroatoms. The molecular weight excluding hydrogens is 372 g/mol. The van der Waals surface area contributed by atoms with Crippen molar-refractivity contribution in [3.8, 4) is 0 Å². The highest BCUT2D eigenvalue weighted by Gasteiger charge is 2.33. The Labute approximate surface area is 163 Å². The van der Waals surface area contributed by atoms with E-state index >= 15 is 0 Å². The van der Waals surface area contributed by atoms with Gasteiger partial charge in [0.05, 0.1) is 16.3 Å². The summed E-state index contributed by atoms with van der Waals surface area (Å²) in [6.07, 6.45) is 2.83. The summed E-state index contributed by atoms with van der Waals surface area (Å²) in [4.78, 5) is 12.8. The van der Waals surface area contributed by atoms with Crippen LogP contribution in [-0.2, 0) is 21.2 Å². The lowest BCUT2D eigenvalue weighted by molar-refractivity contribution is -0.114. The number of benzene rings is 3. The van der Waals surface area contributed by atoms with E-state index in [1.807, 2.05) is 48.5 Å². The van der Waals surface area contributed by atoms with Gasteiger partial charge in [0.15, 0.2) is 0 Å². The molecule has 1 aliphatic heterocycles. The Bertz CT molecular complexity index is 1260. The molecule has 3 aromatic carbocycles. The number of nitrogens with one attached hydrogen (secondary N) is 1. The molecule has 0 radical (unpaired) electrons. The number of aryl methyl sites for hydroxylation is 1. The Morgan fingerprint density at radius 2 is 1.68 bits per heavy atom. The van der Waals surface area contributed by atoms with Gasteiger partial charge >= 0.3 is 0 Å². The van der Waals surface area contributed by atoms with Gasteiger partial charge in [-0.15, -0.1) is 0 Å². The van der Waals surface area contributed by atoms with Crippen molar-refractivity contribution >= 4 is 44.2 Å². The van der Waals surface area contributed by atoms with Crippen LogP contribution in [0.2, 0.25) is 0 Å². The number of anilines is 2. The minimum absolute atomic E-state index is 0.241. The first-order chi connectivity index (χ1) is 13.5. The summed E-state index contributed by atoms with van der Waals surface area (Å²) >= 11 is 0. The first kappa shape index (κ1) is 17.0. The van der Waals surface area contributed by atoms with E-state index in [2.05, 4.69) is 5.32 Å². The number of fused-ring (bicyclic) bond motifs is 1. The SMILES string of the molecule is O=C1CN(S(=O)(=O)C2=Cc3ccccc3CC2)c2cccc3cccc(c23)N1. The van der Waals surface area contributed by atoms with Gasteiger partial charge in [-0.3, -0.25) is 9.10 Å². The molecule has 28 heavy (non-hydrogen) atoms. The molecule has 0 bridgehead atoms. The summed E-state index contributed by atoms with van der Waals surface area (Å²) in [5, 5.41) is 4.48. The molecule has 1 amide bonds. The normalized spacial score (nSPS) is 16.2. The van der Waals surface area contributed by atoms with Gasteiger partial charge in [0.25, 0.3) is 10.0 Å². The molecule has 1 aliphatic carbocycles. The van der Waals surface area contributed by atoms with Crippen LogP contribution in [0.3, 0.4) is 0 Å². The fourth-order valence-electron chi connectivity index (χ4n) is 4.00. The molecule has 0 unspecified atom stereocenters. The number of hydrogen-bond acceptors (Lipinski definition) is 3. The number of amides is 1. The van der Waals surface area contributed by atoms with Crippen molar-refractivity contribution in [2.75, 3.05) is 16.2 Å².